The number of rotatable bonds is 4. The highest BCUT2D eigenvalue weighted by molar-refractivity contribution is 5.26. The molecule has 19 heavy (non-hydrogen) atoms. The van der Waals surface area contributed by atoms with Gasteiger partial charge in [-0.1, -0.05) is 6.92 Å². The van der Waals surface area contributed by atoms with Crippen molar-refractivity contribution in [3.63, 3.8) is 0 Å². The highest BCUT2D eigenvalue weighted by Gasteiger charge is 2.34. The molecule has 1 aromatic carbocycles. The number of piperidine rings is 1. The molecule has 0 spiro atoms. The first kappa shape index (κ1) is 14.4. The summed E-state index contributed by atoms with van der Waals surface area (Å²) in [7, 11) is 4.03. The van der Waals surface area contributed by atoms with Crippen molar-refractivity contribution in [2.24, 2.45) is 5.92 Å². The van der Waals surface area contributed by atoms with E-state index in [1.54, 1.807) is 12.0 Å². The van der Waals surface area contributed by atoms with Crippen LogP contribution in [0.25, 0.3) is 0 Å². The molecule has 1 aliphatic rings. The van der Waals surface area contributed by atoms with Crippen molar-refractivity contribution in [1.82, 2.24) is 0 Å². The van der Waals surface area contributed by atoms with Crippen molar-refractivity contribution in [2.45, 2.75) is 38.9 Å². The van der Waals surface area contributed by atoms with Crippen LogP contribution < -0.4 is 15.0 Å². The molecule has 3 nitrogen and oxygen atoms in total. The maximum atomic E-state index is 5.19. The highest BCUT2D eigenvalue weighted by Crippen LogP contribution is 2.11. The summed E-state index contributed by atoms with van der Waals surface area (Å²) in [5.74, 6) is 1.74. The number of likely N-dealkylation sites (tertiary alicyclic amines) is 1. The second-order valence-corrected chi connectivity index (χ2v) is 6.12. The minimum atomic E-state index is 0.765. The summed E-state index contributed by atoms with van der Waals surface area (Å²) in [5.41, 5.74) is 1.38. The van der Waals surface area contributed by atoms with E-state index in [2.05, 4.69) is 38.3 Å². The van der Waals surface area contributed by atoms with E-state index in [0.29, 0.717) is 0 Å². The monoisotopic (exact) mass is 264 g/mol. The average Bonchev–Trinajstić information content (AvgIpc) is 2.42. The number of hydrogen-bond donors (Lipinski definition) is 2. The fourth-order valence-corrected chi connectivity index (χ4v) is 3.08. The molecule has 0 bridgehead atoms. The van der Waals surface area contributed by atoms with Crippen molar-refractivity contribution in [3.8, 4) is 5.75 Å². The zero-order chi connectivity index (χ0) is 13.8. The molecular formula is C16H28N2O+2. The summed E-state index contributed by atoms with van der Waals surface area (Å²) in [6, 6.07) is 9.99. The van der Waals surface area contributed by atoms with Crippen molar-refractivity contribution in [3.05, 3.63) is 29.8 Å². The Kier molecular flexibility index (Phi) is 4.83. The van der Waals surface area contributed by atoms with Gasteiger partial charge in [-0.25, -0.2) is 0 Å². The Hall–Kier alpha value is -1.06. The third-order valence-electron chi connectivity index (χ3n) is 4.66. The molecule has 1 fully saturated rings. The summed E-state index contributed by atoms with van der Waals surface area (Å²) in [4.78, 5) is 1.68. The van der Waals surface area contributed by atoms with Gasteiger partial charge >= 0.3 is 0 Å². The molecule has 0 saturated carbocycles. The molecule has 106 valence electrons. The van der Waals surface area contributed by atoms with E-state index in [1.807, 2.05) is 12.1 Å². The van der Waals surface area contributed by atoms with Crippen LogP contribution in [0.4, 0.5) is 0 Å². The molecule has 1 heterocycles. The second kappa shape index (κ2) is 6.40. The van der Waals surface area contributed by atoms with Gasteiger partial charge in [-0.2, -0.15) is 0 Å². The molecule has 0 aliphatic carbocycles. The lowest BCUT2D eigenvalue weighted by molar-refractivity contribution is -0.923. The summed E-state index contributed by atoms with van der Waals surface area (Å²) in [5, 5.41) is 2.52. The molecule has 1 aliphatic heterocycles. The van der Waals surface area contributed by atoms with Gasteiger partial charge in [0.25, 0.3) is 0 Å². The van der Waals surface area contributed by atoms with Gasteiger partial charge in [0, 0.05) is 5.56 Å². The van der Waals surface area contributed by atoms with Gasteiger partial charge in [0.15, 0.2) is 0 Å². The third kappa shape index (κ3) is 3.71. The second-order valence-electron chi connectivity index (χ2n) is 6.12. The van der Waals surface area contributed by atoms with E-state index < -0.39 is 0 Å². The van der Waals surface area contributed by atoms with Crippen LogP contribution in [0, 0.1) is 5.92 Å². The first-order valence-corrected chi connectivity index (χ1v) is 7.38. The van der Waals surface area contributed by atoms with Crippen molar-refractivity contribution in [1.29, 1.82) is 0 Å². The fraction of sp³-hybridized carbons (Fsp3) is 0.625. The van der Waals surface area contributed by atoms with Crippen LogP contribution in [0.3, 0.4) is 0 Å². The normalized spacial score (nSPS) is 31.2. The largest absolute Gasteiger partial charge is 0.497 e. The molecule has 1 aromatic rings. The van der Waals surface area contributed by atoms with Crippen molar-refractivity contribution in [2.75, 3.05) is 20.7 Å². The average molecular weight is 264 g/mol. The number of nitrogens with one attached hydrogen (secondary N) is 1. The minimum Gasteiger partial charge on any atom is -0.497 e. The molecule has 3 heteroatoms. The zero-order valence-electron chi connectivity index (χ0n) is 12.6. The lowest BCUT2D eigenvalue weighted by Gasteiger charge is -2.35. The fourth-order valence-electron chi connectivity index (χ4n) is 3.08. The van der Waals surface area contributed by atoms with E-state index in [4.69, 9.17) is 4.74 Å². The minimum absolute atomic E-state index is 0.765. The van der Waals surface area contributed by atoms with Gasteiger partial charge < -0.3 is 15.0 Å². The highest BCUT2D eigenvalue weighted by atomic mass is 16.5. The molecule has 1 saturated heterocycles. The number of methoxy groups -OCH3 is 1. The number of nitrogens with two attached hydrogens (primary N) is 1. The summed E-state index contributed by atoms with van der Waals surface area (Å²) in [6.07, 6.45) is 1.32. The third-order valence-corrected chi connectivity index (χ3v) is 4.66. The summed E-state index contributed by atoms with van der Waals surface area (Å²) < 4.78 is 5.19. The van der Waals surface area contributed by atoms with Crippen molar-refractivity contribution >= 4 is 0 Å². The SMILES string of the molecule is COc1ccc(C[NH2+][C@H]2C[C@@H](C)[NH+](C)C[C@H]2C)cc1. The molecule has 1 unspecified atom stereocenters. The van der Waals surface area contributed by atoms with Gasteiger partial charge in [0.2, 0.25) is 0 Å². The Morgan fingerprint density at radius 3 is 2.58 bits per heavy atom. The van der Waals surface area contributed by atoms with Gasteiger partial charge in [-0.15, -0.1) is 0 Å². The Morgan fingerprint density at radius 1 is 1.26 bits per heavy atom. The van der Waals surface area contributed by atoms with Crippen LogP contribution in [0.15, 0.2) is 24.3 Å². The maximum absolute atomic E-state index is 5.19. The Balaban J connectivity index is 1.87. The molecular weight excluding hydrogens is 236 g/mol. The Labute approximate surface area is 116 Å². The van der Waals surface area contributed by atoms with E-state index in [-0.39, 0.29) is 0 Å². The lowest BCUT2D eigenvalue weighted by atomic mass is 9.90. The molecule has 0 radical (unpaired) electrons. The molecule has 0 aromatic heterocycles. The lowest BCUT2D eigenvalue weighted by Crippen LogP contribution is -3.16. The smallest absolute Gasteiger partial charge is 0.118 e. The number of ether oxygens (including phenoxy) is 1. The van der Waals surface area contributed by atoms with Gasteiger partial charge in [0.05, 0.1) is 45.1 Å². The number of benzene rings is 1. The van der Waals surface area contributed by atoms with Crippen LogP contribution in [-0.2, 0) is 6.54 Å². The van der Waals surface area contributed by atoms with E-state index in [0.717, 1.165) is 30.3 Å². The van der Waals surface area contributed by atoms with Gasteiger partial charge in [-0.3, -0.25) is 0 Å². The molecule has 3 N–H and O–H groups in total. The predicted octanol–water partition coefficient (Wildman–Crippen LogP) is 0.0702. The molecule has 4 atom stereocenters. The van der Waals surface area contributed by atoms with Gasteiger partial charge in [-0.05, 0) is 31.2 Å². The van der Waals surface area contributed by atoms with E-state index in [9.17, 15) is 0 Å². The number of quaternary nitrogens is 2. The zero-order valence-corrected chi connectivity index (χ0v) is 12.6. The van der Waals surface area contributed by atoms with E-state index in [1.165, 1.54) is 18.5 Å². The maximum Gasteiger partial charge on any atom is 0.118 e. The van der Waals surface area contributed by atoms with Crippen LogP contribution in [0.1, 0.15) is 25.8 Å². The Bertz CT molecular complexity index is 390. The van der Waals surface area contributed by atoms with Crippen molar-refractivity contribution < 1.29 is 15.0 Å². The number of hydrogen-bond acceptors (Lipinski definition) is 1. The van der Waals surface area contributed by atoms with E-state index >= 15 is 0 Å². The first-order valence-electron chi connectivity index (χ1n) is 7.38. The quantitative estimate of drug-likeness (QED) is 0.792. The topological polar surface area (TPSA) is 30.3 Å². The van der Waals surface area contributed by atoms with Crippen LogP contribution >= 0.6 is 0 Å². The van der Waals surface area contributed by atoms with Crippen LogP contribution in [0.5, 0.6) is 5.75 Å². The first-order chi connectivity index (χ1) is 9.10. The standard InChI is InChI=1S/C16H26N2O/c1-12-11-18(3)13(2)9-16(12)17-10-14-5-7-15(19-4)8-6-14/h5-8,12-13,16-17H,9-11H2,1-4H3/p+2/t12-,13-,16+/m1/s1. The molecule has 0 amide bonds. The van der Waals surface area contributed by atoms with Crippen LogP contribution in [-0.4, -0.2) is 32.8 Å². The summed E-state index contributed by atoms with van der Waals surface area (Å²) in [6.45, 7) is 7.13. The van der Waals surface area contributed by atoms with Gasteiger partial charge in [0.1, 0.15) is 12.3 Å². The predicted molar refractivity (Wildman–Crippen MR) is 77.4 cm³/mol. The molecule has 2 rings (SSSR count). The summed E-state index contributed by atoms with van der Waals surface area (Å²) >= 11 is 0. The van der Waals surface area contributed by atoms with Crippen LogP contribution in [0.2, 0.25) is 0 Å². The Morgan fingerprint density at radius 2 is 1.95 bits per heavy atom.